The first-order chi connectivity index (χ1) is 5.20. The monoisotopic (exact) mass is 152 g/mol. The van der Waals surface area contributed by atoms with E-state index in [-0.39, 0.29) is 0 Å². The van der Waals surface area contributed by atoms with Gasteiger partial charge in [-0.3, -0.25) is 0 Å². The molecule has 0 aliphatic heterocycles. The fourth-order valence-corrected chi connectivity index (χ4v) is 0.468. The smallest absolute Gasteiger partial charge is 0.209 e. The minimum Gasteiger partial charge on any atom is -0.359 e. The lowest BCUT2D eigenvalue weighted by Gasteiger charge is -2.05. The van der Waals surface area contributed by atoms with Crippen molar-refractivity contribution in [2.75, 3.05) is 13.6 Å². The summed E-state index contributed by atoms with van der Waals surface area (Å²) in [6.07, 6.45) is 1.68. The summed E-state index contributed by atoms with van der Waals surface area (Å²) in [7, 11) is 1.70. The third-order valence-electron chi connectivity index (χ3n) is 0.956. The van der Waals surface area contributed by atoms with E-state index in [1.165, 1.54) is 0 Å². The molecule has 60 valence electrons. The van der Waals surface area contributed by atoms with Gasteiger partial charge in [-0.05, 0) is 6.92 Å². The van der Waals surface area contributed by atoms with Gasteiger partial charge in [0, 0.05) is 13.6 Å². The molecule has 0 spiro atoms. The molecule has 0 aliphatic carbocycles. The second-order valence-electron chi connectivity index (χ2n) is 2.12. The highest BCUT2D eigenvalue weighted by atomic mass is 15.2. The number of hydrogen-bond acceptors (Lipinski definition) is 2. The van der Waals surface area contributed by atoms with Crippen LogP contribution in [0.15, 0.2) is 17.1 Å². The van der Waals surface area contributed by atoms with Crippen molar-refractivity contribution in [3.63, 3.8) is 0 Å². The first kappa shape index (κ1) is 9.50. The molecule has 0 fully saturated rings. The predicted molar refractivity (Wildman–Crippen MR) is 44.9 cm³/mol. The zero-order valence-corrected chi connectivity index (χ0v) is 6.81. The first-order valence-electron chi connectivity index (χ1n) is 3.23. The molecule has 0 aromatic rings. The van der Waals surface area contributed by atoms with Crippen molar-refractivity contribution in [3.8, 4) is 6.19 Å². The first-order valence-corrected chi connectivity index (χ1v) is 3.23. The van der Waals surface area contributed by atoms with Crippen LogP contribution in [0.3, 0.4) is 0 Å². The number of guanidine groups is 1. The molecule has 0 aromatic carbocycles. The van der Waals surface area contributed by atoms with Gasteiger partial charge in [0.15, 0.2) is 0 Å². The maximum Gasteiger partial charge on any atom is 0.209 e. The molecule has 0 heterocycles. The highest BCUT2D eigenvalue weighted by Gasteiger charge is 1.91. The lowest BCUT2D eigenvalue weighted by atomic mass is 10.3. The van der Waals surface area contributed by atoms with Gasteiger partial charge in [-0.25, -0.2) is 0 Å². The van der Waals surface area contributed by atoms with Crippen LogP contribution in [0.2, 0.25) is 0 Å². The molecule has 2 N–H and O–H groups in total. The Balaban J connectivity index is 3.82. The molecule has 0 saturated carbocycles. The average Bonchev–Trinajstić information content (AvgIpc) is 1.97. The Morgan fingerprint density at radius 3 is 2.73 bits per heavy atom. The van der Waals surface area contributed by atoms with Gasteiger partial charge < -0.3 is 10.6 Å². The van der Waals surface area contributed by atoms with Gasteiger partial charge in [-0.2, -0.15) is 5.26 Å². The number of nitriles is 1. The summed E-state index contributed by atoms with van der Waals surface area (Å²) < 4.78 is 0. The number of rotatable bonds is 2. The fourth-order valence-electron chi connectivity index (χ4n) is 0.468. The maximum absolute atomic E-state index is 8.19. The Hall–Kier alpha value is -1.50. The van der Waals surface area contributed by atoms with Gasteiger partial charge in [0.2, 0.25) is 12.2 Å². The van der Waals surface area contributed by atoms with Crippen molar-refractivity contribution in [2.24, 2.45) is 4.99 Å². The quantitative estimate of drug-likeness (QED) is 0.257. The zero-order chi connectivity index (χ0) is 8.69. The predicted octanol–water partition coefficient (Wildman–Crippen LogP) is 0.209. The molecule has 0 aliphatic rings. The number of aliphatic imine (C=N–C) groups is 1. The van der Waals surface area contributed by atoms with Crippen LogP contribution >= 0.6 is 0 Å². The molecule has 0 aromatic heterocycles. The van der Waals surface area contributed by atoms with E-state index in [2.05, 4.69) is 22.2 Å². The molecule has 0 atom stereocenters. The number of nitrogens with zero attached hydrogens (tertiary/aromatic N) is 2. The molecule has 4 nitrogen and oxygen atoms in total. The lowest BCUT2D eigenvalue weighted by Crippen LogP contribution is -2.35. The topological polar surface area (TPSA) is 60.2 Å². The average molecular weight is 152 g/mol. The molecule has 0 bridgehead atoms. The van der Waals surface area contributed by atoms with E-state index in [4.69, 9.17) is 5.26 Å². The summed E-state index contributed by atoms with van der Waals surface area (Å²) in [5.74, 6) is 0.468. The molecule has 0 rings (SSSR count). The Kier molecular flexibility index (Phi) is 4.58. The highest BCUT2D eigenvalue weighted by molar-refractivity contribution is 5.80. The van der Waals surface area contributed by atoms with E-state index in [1.54, 1.807) is 13.2 Å². The third-order valence-corrected chi connectivity index (χ3v) is 0.956. The van der Waals surface area contributed by atoms with Crippen molar-refractivity contribution in [3.05, 3.63) is 12.2 Å². The summed E-state index contributed by atoms with van der Waals surface area (Å²) in [6, 6.07) is 0. The molecular formula is C7H12N4. The van der Waals surface area contributed by atoms with Gasteiger partial charge in [-0.15, -0.1) is 4.99 Å². The third kappa shape index (κ3) is 4.97. The molecule has 0 saturated heterocycles. The summed E-state index contributed by atoms with van der Waals surface area (Å²) >= 11 is 0. The van der Waals surface area contributed by atoms with E-state index < -0.39 is 0 Å². The van der Waals surface area contributed by atoms with Crippen LogP contribution in [0.5, 0.6) is 0 Å². The van der Waals surface area contributed by atoms with Crippen LogP contribution in [0.1, 0.15) is 6.92 Å². The van der Waals surface area contributed by atoms with Crippen molar-refractivity contribution in [1.29, 1.82) is 5.26 Å². The largest absolute Gasteiger partial charge is 0.359 e. The summed E-state index contributed by atoms with van der Waals surface area (Å²) in [5.41, 5.74) is 0.992. The van der Waals surface area contributed by atoms with Crippen molar-refractivity contribution in [1.82, 2.24) is 10.6 Å². The summed E-state index contributed by atoms with van der Waals surface area (Å²) in [6.45, 7) is 6.22. The number of nitrogens with one attached hydrogen (secondary N) is 2. The van der Waals surface area contributed by atoms with E-state index in [1.807, 2.05) is 6.92 Å². The number of hydrogen-bond donors (Lipinski definition) is 2. The molecule has 0 radical (unpaired) electrons. The van der Waals surface area contributed by atoms with E-state index in [0.717, 1.165) is 5.57 Å². The van der Waals surface area contributed by atoms with Crippen LogP contribution in [-0.2, 0) is 0 Å². The second-order valence-corrected chi connectivity index (χ2v) is 2.12. The van der Waals surface area contributed by atoms with Crippen LogP contribution in [0.4, 0.5) is 0 Å². The zero-order valence-electron chi connectivity index (χ0n) is 6.81. The fraction of sp³-hybridized carbons (Fsp3) is 0.429. The van der Waals surface area contributed by atoms with E-state index in [0.29, 0.717) is 12.5 Å². The van der Waals surface area contributed by atoms with Crippen LogP contribution < -0.4 is 10.6 Å². The highest BCUT2D eigenvalue weighted by Crippen LogP contribution is 1.80. The Bertz CT molecular complexity index is 199. The van der Waals surface area contributed by atoms with Gasteiger partial charge in [0.05, 0.1) is 0 Å². The van der Waals surface area contributed by atoms with Crippen LogP contribution in [0, 0.1) is 11.5 Å². The van der Waals surface area contributed by atoms with E-state index in [9.17, 15) is 0 Å². The summed E-state index contributed by atoms with van der Waals surface area (Å²) in [4.78, 5) is 3.47. The molecule has 0 amide bonds. The minimum atomic E-state index is 0.468. The van der Waals surface area contributed by atoms with Crippen LogP contribution in [-0.4, -0.2) is 19.6 Å². The summed E-state index contributed by atoms with van der Waals surface area (Å²) in [5, 5.41) is 13.8. The minimum absolute atomic E-state index is 0.468. The van der Waals surface area contributed by atoms with Crippen molar-refractivity contribution < 1.29 is 0 Å². The normalized spacial score (nSPS) is 10.1. The van der Waals surface area contributed by atoms with E-state index >= 15 is 0 Å². The lowest BCUT2D eigenvalue weighted by molar-refractivity contribution is 0.926. The van der Waals surface area contributed by atoms with Gasteiger partial charge in [-0.1, -0.05) is 12.2 Å². The molecule has 4 heteroatoms. The maximum atomic E-state index is 8.19. The Morgan fingerprint density at radius 2 is 2.36 bits per heavy atom. The van der Waals surface area contributed by atoms with Crippen molar-refractivity contribution >= 4 is 5.96 Å². The molecule has 11 heavy (non-hydrogen) atoms. The molecule has 0 unspecified atom stereocenters. The standard InChI is InChI=1S/C7H12N4/c1-6(2)4-10-7(9-3)11-5-8/h1,4H2,2-3H3,(H2,9,10,11). The SMILES string of the molecule is C=C(C)CN/C(=N/C#N)NC. The Labute approximate surface area is 66.6 Å². The van der Waals surface area contributed by atoms with Crippen molar-refractivity contribution in [2.45, 2.75) is 6.92 Å². The molecular weight excluding hydrogens is 140 g/mol. The Morgan fingerprint density at radius 1 is 1.73 bits per heavy atom. The second kappa shape index (κ2) is 5.30. The van der Waals surface area contributed by atoms with Gasteiger partial charge >= 0.3 is 0 Å². The van der Waals surface area contributed by atoms with Gasteiger partial charge in [0.25, 0.3) is 0 Å². The van der Waals surface area contributed by atoms with Gasteiger partial charge in [0.1, 0.15) is 0 Å². The van der Waals surface area contributed by atoms with Crippen LogP contribution in [0.25, 0.3) is 0 Å².